The summed E-state index contributed by atoms with van der Waals surface area (Å²) in [7, 11) is 0. The summed E-state index contributed by atoms with van der Waals surface area (Å²) in [5.41, 5.74) is 12.0. The van der Waals surface area contributed by atoms with Crippen molar-refractivity contribution in [2.45, 2.75) is 20.3 Å². The average Bonchev–Trinajstić information content (AvgIpc) is 3.01. The van der Waals surface area contributed by atoms with E-state index in [1.165, 1.54) is 25.8 Å². The summed E-state index contributed by atoms with van der Waals surface area (Å²) in [6.45, 7) is 4.28. The van der Waals surface area contributed by atoms with Gasteiger partial charge in [-0.3, -0.25) is 0 Å². The maximum Gasteiger partial charge on any atom is 0.0464 e. The molecular weight excluding hydrogens is 623 g/mol. The van der Waals surface area contributed by atoms with Gasteiger partial charge in [-0.2, -0.15) is 0 Å². The third-order valence-electron chi connectivity index (χ3n) is 7.42. The van der Waals surface area contributed by atoms with Crippen LogP contribution in [0, 0.1) is 17.4 Å². The number of anilines is 6. The highest BCUT2D eigenvalue weighted by Gasteiger charge is 2.14. The first-order valence-electron chi connectivity index (χ1n) is 14.3. The van der Waals surface area contributed by atoms with Gasteiger partial charge >= 0.3 is 0 Å². The molecule has 0 heterocycles. The molecule has 0 saturated carbocycles. The van der Waals surface area contributed by atoms with Crippen molar-refractivity contribution in [3.63, 3.8) is 0 Å². The van der Waals surface area contributed by atoms with Crippen LogP contribution in [0.15, 0.2) is 152 Å². The van der Waals surface area contributed by atoms with E-state index in [-0.39, 0.29) is 0 Å². The molecule has 0 radical (unpaired) electrons. The number of hydrogen-bond donors (Lipinski definition) is 0. The predicted octanol–water partition coefficient (Wildman–Crippen LogP) is 11.4. The van der Waals surface area contributed by atoms with Crippen LogP contribution in [0.4, 0.5) is 34.1 Å². The van der Waals surface area contributed by atoms with Crippen molar-refractivity contribution in [3.05, 3.63) is 177 Å². The van der Waals surface area contributed by atoms with Crippen LogP contribution in [0.2, 0.25) is 0 Å². The molecule has 206 valence electrons. The topological polar surface area (TPSA) is 6.48 Å². The fraction of sp³-hybridized carbons (Fsp3) is 0.0769. The number of rotatable bonds is 8. The molecule has 0 aromatic heterocycles. The molecule has 0 aliphatic heterocycles. The summed E-state index contributed by atoms with van der Waals surface area (Å²) < 4.78 is 1.23. The Morgan fingerprint density at radius 1 is 0.405 bits per heavy atom. The molecule has 0 bridgehead atoms. The summed E-state index contributed by atoms with van der Waals surface area (Å²) in [6.07, 6.45) is 0.879. The highest BCUT2D eigenvalue weighted by molar-refractivity contribution is 14.1. The molecule has 0 unspecified atom stereocenters. The van der Waals surface area contributed by atoms with E-state index in [1.807, 2.05) is 0 Å². The number of halogens is 1. The Balaban J connectivity index is 1.25. The highest BCUT2D eigenvalue weighted by atomic mass is 127. The van der Waals surface area contributed by atoms with Gasteiger partial charge in [0, 0.05) is 37.7 Å². The van der Waals surface area contributed by atoms with Crippen LogP contribution >= 0.6 is 22.6 Å². The van der Waals surface area contributed by atoms with Crippen LogP contribution in [-0.2, 0) is 6.42 Å². The van der Waals surface area contributed by atoms with E-state index in [4.69, 9.17) is 0 Å². The molecule has 0 atom stereocenters. The van der Waals surface area contributed by atoms with Gasteiger partial charge < -0.3 is 9.80 Å². The predicted molar refractivity (Wildman–Crippen MR) is 187 cm³/mol. The first-order valence-corrected chi connectivity index (χ1v) is 15.3. The Morgan fingerprint density at radius 2 is 0.786 bits per heavy atom. The Kier molecular flexibility index (Phi) is 8.38. The largest absolute Gasteiger partial charge is 0.310 e. The summed E-state index contributed by atoms with van der Waals surface area (Å²) in [4.78, 5) is 4.64. The van der Waals surface area contributed by atoms with Gasteiger partial charge in [0.15, 0.2) is 0 Å². The second-order valence-corrected chi connectivity index (χ2v) is 11.9. The molecule has 42 heavy (non-hydrogen) atoms. The third-order valence-corrected chi connectivity index (χ3v) is 8.14. The Labute approximate surface area is 263 Å². The minimum absolute atomic E-state index is 0.879. The van der Waals surface area contributed by atoms with Crippen molar-refractivity contribution < 1.29 is 0 Å². The highest BCUT2D eigenvalue weighted by Crippen LogP contribution is 2.37. The zero-order valence-corrected chi connectivity index (χ0v) is 26.1. The standard InChI is InChI=1S/C39H33IN2/c1-29-8-6-12-38(26-29)41(34-10-4-3-5-11-34)35-20-14-31(15-21-35)28-32-16-22-36(23-17-32)42(37-24-18-33(40)19-25-37)39-13-7-9-30(2)27-39/h3-27H,28H2,1-2H3. The van der Waals surface area contributed by atoms with Crippen molar-refractivity contribution in [1.29, 1.82) is 0 Å². The Hall–Kier alpha value is -4.35. The average molecular weight is 657 g/mol. The minimum atomic E-state index is 0.879. The smallest absolute Gasteiger partial charge is 0.0464 e. The van der Waals surface area contributed by atoms with E-state index >= 15 is 0 Å². The number of nitrogens with zero attached hydrogens (tertiary/aromatic N) is 2. The molecule has 0 spiro atoms. The van der Waals surface area contributed by atoms with Crippen molar-refractivity contribution in [3.8, 4) is 0 Å². The quantitative estimate of drug-likeness (QED) is 0.151. The molecule has 0 amide bonds. The molecule has 2 nitrogen and oxygen atoms in total. The van der Waals surface area contributed by atoms with Crippen LogP contribution in [0.25, 0.3) is 0 Å². The van der Waals surface area contributed by atoms with Gasteiger partial charge in [0.05, 0.1) is 0 Å². The molecule has 6 rings (SSSR count). The summed E-state index contributed by atoms with van der Waals surface area (Å²) >= 11 is 2.36. The fourth-order valence-corrected chi connectivity index (χ4v) is 5.72. The Morgan fingerprint density at radius 3 is 1.21 bits per heavy atom. The molecular formula is C39H33IN2. The minimum Gasteiger partial charge on any atom is -0.310 e. The molecule has 3 heteroatoms. The second-order valence-electron chi connectivity index (χ2n) is 10.7. The van der Waals surface area contributed by atoms with Gasteiger partial charge in [-0.15, -0.1) is 0 Å². The second kappa shape index (κ2) is 12.7. The van der Waals surface area contributed by atoms with Gasteiger partial charge in [0.1, 0.15) is 0 Å². The molecule has 0 fully saturated rings. The van der Waals surface area contributed by atoms with E-state index in [0.717, 1.165) is 40.5 Å². The lowest BCUT2D eigenvalue weighted by atomic mass is 10.0. The zero-order chi connectivity index (χ0) is 28.9. The monoisotopic (exact) mass is 656 g/mol. The SMILES string of the molecule is Cc1cccc(N(c2ccccc2)c2ccc(Cc3ccc(N(c4ccc(I)cc4)c4cccc(C)c4)cc3)cc2)c1. The maximum atomic E-state index is 2.36. The lowest BCUT2D eigenvalue weighted by Gasteiger charge is -2.26. The third kappa shape index (κ3) is 6.42. The van der Waals surface area contributed by atoms with Gasteiger partial charge in [-0.25, -0.2) is 0 Å². The molecule has 0 aliphatic carbocycles. The van der Waals surface area contributed by atoms with Crippen molar-refractivity contribution in [2.75, 3.05) is 9.80 Å². The van der Waals surface area contributed by atoms with Crippen molar-refractivity contribution in [2.24, 2.45) is 0 Å². The zero-order valence-electron chi connectivity index (χ0n) is 23.9. The first kappa shape index (κ1) is 27.8. The van der Waals surface area contributed by atoms with Crippen molar-refractivity contribution >= 4 is 56.7 Å². The van der Waals surface area contributed by atoms with Gasteiger partial charge in [0.2, 0.25) is 0 Å². The van der Waals surface area contributed by atoms with E-state index < -0.39 is 0 Å². The van der Waals surface area contributed by atoms with E-state index in [1.54, 1.807) is 0 Å². The summed E-state index contributed by atoms with van der Waals surface area (Å²) in [6, 6.07) is 54.6. The molecule has 0 N–H and O–H groups in total. The number of hydrogen-bond acceptors (Lipinski definition) is 2. The molecule has 0 saturated heterocycles. The lowest BCUT2D eigenvalue weighted by Crippen LogP contribution is -2.10. The molecule has 6 aromatic carbocycles. The van der Waals surface area contributed by atoms with E-state index in [2.05, 4.69) is 198 Å². The number of aryl methyl sites for hydroxylation is 2. The van der Waals surface area contributed by atoms with Crippen molar-refractivity contribution in [1.82, 2.24) is 0 Å². The van der Waals surface area contributed by atoms with Gasteiger partial charge in [-0.05, 0) is 150 Å². The van der Waals surface area contributed by atoms with Crippen LogP contribution < -0.4 is 9.80 Å². The molecule has 0 aliphatic rings. The van der Waals surface area contributed by atoms with Crippen LogP contribution in [0.1, 0.15) is 22.3 Å². The van der Waals surface area contributed by atoms with Crippen LogP contribution in [0.5, 0.6) is 0 Å². The number of benzene rings is 6. The van der Waals surface area contributed by atoms with E-state index in [9.17, 15) is 0 Å². The van der Waals surface area contributed by atoms with Gasteiger partial charge in [-0.1, -0.05) is 66.7 Å². The van der Waals surface area contributed by atoms with E-state index in [0.29, 0.717) is 0 Å². The Bertz CT molecular complexity index is 1760. The van der Waals surface area contributed by atoms with Crippen LogP contribution in [-0.4, -0.2) is 0 Å². The molecule has 6 aromatic rings. The summed E-state index contributed by atoms with van der Waals surface area (Å²) in [5, 5.41) is 0. The van der Waals surface area contributed by atoms with Gasteiger partial charge in [0.25, 0.3) is 0 Å². The van der Waals surface area contributed by atoms with Crippen LogP contribution in [0.3, 0.4) is 0 Å². The normalized spacial score (nSPS) is 10.8. The summed E-state index contributed by atoms with van der Waals surface area (Å²) in [5.74, 6) is 0. The number of para-hydroxylation sites is 1. The maximum absolute atomic E-state index is 2.36. The fourth-order valence-electron chi connectivity index (χ4n) is 5.36. The lowest BCUT2D eigenvalue weighted by molar-refractivity contribution is 1.18. The first-order chi connectivity index (χ1) is 20.5.